The van der Waals surface area contributed by atoms with Gasteiger partial charge in [0.1, 0.15) is 5.75 Å². The molecule has 0 aliphatic heterocycles. The Balaban J connectivity index is 1.90. The fourth-order valence-electron chi connectivity index (χ4n) is 2.66. The summed E-state index contributed by atoms with van der Waals surface area (Å²) >= 11 is 1.30. The molecule has 0 N–H and O–H groups in total. The summed E-state index contributed by atoms with van der Waals surface area (Å²) in [5, 5.41) is 0.373. The Kier molecular flexibility index (Phi) is 6.72. The van der Waals surface area contributed by atoms with E-state index in [1.165, 1.54) is 11.8 Å². The van der Waals surface area contributed by atoms with Gasteiger partial charge in [0.15, 0.2) is 16.5 Å². The lowest BCUT2D eigenvalue weighted by Crippen LogP contribution is -2.20. The van der Waals surface area contributed by atoms with Crippen LogP contribution in [0.2, 0.25) is 0 Å². The SMILES string of the molecule is COc1cccc(Sc2nccn(-c3ccc(OCC(C)(C)C)c(OC)c3)c2=O)c1. The maximum absolute atomic E-state index is 13.0. The summed E-state index contributed by atoms with van der Waals surface area (Å²) in [5.41, 5.74) is 0.489. The standard InChI is InChI=1S/C23H26N2O4S/c1-23(2,3)15-29-19-10-9-16(13-20(19)28-5)25-12-11-24-21(22(25)26)30-18-8-6-7-17(14-18)27-4/h6-14H,15H2,1-5H3. The van der Waals surface area contributed by atoms with Gasteiger partial charge in [-0.1, -0.05) is 38.6 Å². The number of hydrogen-bond acceptors (Lipinski definition) is 6. The third-order valence-electron chi connectivity index (χ3n) is 4.15. The molecular formula is C23H26N2O4S. The zero-order valence-corrected chi connectivity index (χ0v) is 18.7. The maximum atomic E-state index is 13.0. The van der Waals surface area contributed by atoms with Gasteiger partial charge < -0.3 is 14.2 Å². The van der Waals surface area contributed by atoms with Crippen LogP contribution in [-0.2, 0) is 0 Å². The summed E-state index contributed by atoms with van der Waals surface area (Å²) in [6.45, 7) is 6.86. The molecule has 0 radical (unpaired) electrons. The van der Waals surface area contributed by atoms with Gasteiger partial charge in [0, 0.05) is 23.4 Å². The minimum absolute atomic E-state index is 0.0258. The van der Waals surface area contributed by atoms with Crippen LogP contribution in [0.15, 0.2) is 69.6 Å². The highest BCUT2D eigenvalue weighted by Gasteiger charge is 2.15. The summed E-state index contributed by atoms with van der Waals surface area (Å²) in [6, 6.07) is 13.0. The fraction of sp³-hybridized carbons (Fsp3) is 0.304. The third kappa shape index (κ3) is 5.36. The smallest absolute Gasteiger partial charge is 0.287 e. The van der Waals surface area contributed by atoms with Gasteiger partial charge in [0.25, 0.3) is 5.56 Å². The molecule has 1 aromatic heterocycles. The Labute approximate surface area is 180 Å². The number of hydrogen-bond donors (Lipinski definition) is 0. The molecular weight excluding hydrogens is 400 g/mol. The normalized spacial score (nSPS) is 11.2. The molecule has 3 rings (SSSR count). The highest BCUT2D eigenvalue weighted by atomic mass is 32.2. The topological polar surface area (TPSA) is 62.6 Å². The van der Waals surface area contributed by atoms with Crippen LogP contribution in [0.1, 0.15) is 20.8 Å². The van der Waals surface area contributed by atoms with Crippen molar-refractivity contribution < 1.29 is 14.2 Å². The van der Waals surface area contributed by atoms with Gasteiger partial charge in [-0.15, -0.1) is 0 Å². The van der Waals surface area contributed by atoms with Crippen molar-refractivity contribution in [3.05, 3.63) is 65.2 Å². The first kappa shape index (κ1) is 21.8. The van der Waals surface area contributed by atoms with Crippen LogP contribution in [0.25, 0.3) is 5.69 Å². The molecule has 3 aromatic rings. The summed E-state index contributed by atoms with van der Waals surface area (Å²) in [4.78, 5) is 18.2. The largest absolute Gasteiger partial charge is 0.497 e. The molecule has 0 atom stereocenters. The highest BCUT2D eigenvalue weighted by Crippen LogP contribution is 2.31. The average Bonchev–Trinajstić information content (AvgIpc) is 2.73. The van der Waals surface area contributed by atoms with Gasteiger partial charge in [0.05, 0.1) is 26.5 Å². The first-order valence-electron chi connectivity index (χ1n) is 9.51. The van der Waals surface area contributed by atoms with E-state index >= 15 is 0 Å². The van der Waals surface area contributed by atoms with E-state index in [0.717, 1.165) is 10.6 Å². The van der Waals surface area contributed by atoms with Crippen LogP contribution >= 0.6 is 11.8 Å². The van der Waals surface area contributed by atoms with Gasteiger partial charge >= 0.3 is 0 Å². The van der Waals surface area contributed by atoms with E-state index in [1.54, 1.807) is 37.2 Å². The third-order valence-corrected chi connectivity index (χ3v) is 5.11. The lowest BCUT2D eigenvalue weighted by atomic mass is 9.99. The van der Waals surface area contributed by atoms with Crippen molar-refractivity contribution in [2.75, 3.05) is 20.8 Å². The van der Waals surface area contributed by atoms with Gasteiger partial charge in [-0.25, -0.2) is 4.98 Å². The van der Waals surface area contributed by atoms with E-state index in [0.29, 0.717) is 28.8 Å². The maximum Gasteiger partial charge on any atom is 0.287 e. The van der Waals surface area contributed by atoms with Gasteiger partial charge in [0.2, 0.25) is 0 Å². The van der Waals surface area contributed by atoms with Crippen LogP contribution in [0.5, 0.6) is 17.2 Å². The number of nitrogens with zero attached hydrogens (tertiary/aromatic N) is 2. The predicted octanol–water partition coefficient (Wildman–Crippen LogP) is 4.83. The van der Waals surface area contributed by atoms with Crippen LogP contribution in [0, 0.1) is 5.41 Å². The van der Waals surface area contributed by atoms with Crippen molar-refractivity contribution in [1.82, 2.24) is 9.55 Å². The molecule has 0 saturated heterocycles. The summed E-state index contributed by atoms with van der Waals surface area (Å²) in [6.07, 6.45) is 3.25. The van der Waals surface area contributed by atoms with Crippen molar-refractivity contribution in [2.45, 2.75) is 30.7 Å². The zero-order chi connectivity index (χ0) is 21.7. The predicted molar refractivity (Wildman–Crippen MR) is 118 cm³/mol. The minimum atomic E-state index is -0.212. The molecule has 6 nitrogen and oxygen atoms in total. The van der Waals surface area contributed by atoms with E-state index in [-0.39, 0.29) is 11.0 Å². The molecule has 2 aromatic carbocycles. The molecule has 0 amide bonds. The van der Waals surface area contributed by atoms with E-state index in [1.807, 2.05) is 36.4 Å². The van der Waals surface area contributed by atoms with Crippen molar-refractivity contribution in [2.24, 2.45) is 5.41 Å². The monoisotopic (exact) mass is 426 g/mol. The first-order chi connectivity index (χ1) is 14.3. The minimum Gasteiger partial charge on any atom is -0.497 e. The number of ether oxygens (including phenoxy) is 3. The van der Waals surface area contributed by atoms with Crippen LogP contribution in [-0.4, -0.2) is 30.4 Å². The Hall–Kier alpha value is -2.93. The second-order valence-electron chi connectivity index (χ2n) is 7.87. The molecule has 158 valence electrons. The van der Waals surface area contributed by atoms with Crippen molar-refractivity contribution in [3.8, 4) is 22.9 Å². The Morgan fingerprint density at radius 2 is 1.83 bits per heavy atom. The fourth-order valence-corrected chi connectivity index (χ4v) is 3.51. The van der Waals surface area contributed by atoms with E-state index in [9.17, 15) is 4.79 Å². The van der Waals surface area contributed by atoms with Crippen LogP contribution in [0.4, 0.5) is 0 Å². The Bertz CT molecular complexity index is 1070. The molecule has 0 spiro atoms. The molecule has 0 saturated carbocycles. The number of rotatable bonds is 7. The molecule has 7 heteroatoms. The molecule has 0 fully saturated rings. The zero-order valence-electron chi connectivity index (χ0n) is 17.8. The average molecular weight is 427 g/mol. The summed E-state index contributed by atoms with van der Waals surface area (Å²) < 4.78 is 18.2. The summed E-state index contributed by atoms with van der Waals surface area (Å²) in [5.74, 6) is 1.94. The number of aromatic nitrogens is 2. The van der Waals surface area contributed by atoms with Crippen LogP contribution < -0.4 is 19.8 Å². The van der Waals surface area contributed by atoms with Gasteiger partial charge in [-0.05, 0) is 35.7 Å². The lowest BCUT2D eigenvalue weighted by Gasteiger charge is -2.20. The van der Waals surface area contributed by atoms with Crippen molar-refractivity contribution in [1.29, 1.82) is 0 Å². The van der Waals surface area contributed by atoms with Gasteiger partial charge in [-0.2, -0.15) is 0 Å². The Morgan fingerprint density at radius 1 is 1.03 bits per heavy atom. The lowest BCUT2D eigenvalue weighted by molar-refractivity contribution is 0.191. The van der Waals surface area contributed by atoms with Crippen LogP contribution in [0.3, 0.4) is 0 Å². The highest BCUT2D eigenvalue weighted by molar-refractivity contribution is 7.99. The second kappa shape index (κ2) is 9.26. The second-order valence-corrected chi connectivity index (χ2v) is 8.94. The number of benzene rings is 2. The molecule has 0 unspecified atom stereocenters. The first-order valence-corrected chi connectivity index (χ1v) is 10.3. The molecule has 0 bridgehead atoms. The van der Waals surface area contributed by atoms with Gasteiger partial charge in [-0.3, -0.25) is 9.36 Å². The molecule has 1 heterocycles. The van der Waals surface area contributed by atoms with E-state index in [2.05, 4.69) is 25.8 Å². The quantitative estimate of drug-likeness (QED) is 0.539. The Morgan fingerprint density at radius 3 is 2.53 bits per heavy atom. The van der Waals surface area contributed by atoms with Crippen molar-refractivity contribution >= 4 is 11.8 Å². The summed E-state index contributed by atoms with van der Waals surface area (Å²) in [7, 11) is 3.20. The van der Waals surface area contributed by atoms with Crippen molar-refractivity contribution in [3.63, 3.8) is 0 Å². The number of methoxy groups -OCH3 is 2. The molecule has 0 aliphatic rings. The molecule has 0 aliphatic carbocycles. The van der Waals surface area contributed by atoms with E-state index in [4.69, 9.17) is 14.2 Å². The molecule has 30 heavy (non-hydrogen) atoms. The van der Waals surface area contributed by atoms with E-state index < -0.39 is 0 Å².